The van der Waals surface area contributed by atoms with Crippen LogP contribution in [0.5, 0.6) is 0 Å². The van der Waals surface area contributed by atoms with E-state index in [4.69, 9.17) is 21.7 Å². The van der Waals surface area contributed by atoms with Crippen LogP contribution in [-0.4, -0.2) is 42.5 Å². The minimum absolute atomic E-state index is 0.153. The number of hydrogen-bond acceptors (Lipinski definition) is 8. The zero-order valence-electron chi connectivity index (χ0n) is 21.0. The number of thiocarbonyl (C=S) groups is 1. The summed E-state index contributed by atoms with van der Waals surface area (Å²) in [5.74, 6) is -1.45. The van der Waals surface area contributed by atoms with Gasteiger partial charge in [0.15, 0.2) is 0 Å². The van der Waals surface area contributed by atoms with Gasteiger partial charge in [-0.2, -0.15) is 0 Å². The van der Waals surface area contributed by atoms with Crippen LogP contribution in [0.25, 0.3) is 11.6 Å². The van der Waals surface area contributed by atoms with Gasteiger partial charge in [-0.1, -0.05) is 78.2 Å². The van der Waals surface area contributed by atoms with Gasteiger partial charge < -0.3 is 9.47 Å². The first kappa shape index (κ1) is 26.9. The maximum atomic E-state index is 13.6. The number of carbonyl (C=O) groups is 3. The Kier molecular flexibility index (Phi) is 7.77. The molecular weight excluding hydrogens is 527 g/mol. The summed E-state index contributed by atoms with van der Waals surface area (Å²) < 4.78 is 10.5. The molecule has 2 aromatic rings. The van der Waals surface area contributed by atoms with E-state index in [-0.39, 0.29) is 15.7 Å². The van der Waals surface area contributed by atoms with Gasteiger partial charge in [0.05, 0.1) is 34.5 Å². The summed E-state index contributed by atoms with van der Waals surface area (Å²) in [4.78, 5) is 41.1. The number of hydrogen-bond donors (Lipinski definition) is 0. The predicted molar refractivity (Wildman–Crippen MR) is 154 cm³/mol. The van der Waals surface area contributed by atoms with Crippen LogP contribution >= 0.6 is 35.7 Å². The number of carbonyl (C=O) groups excluding carboxylic acids is 3. The van der Waals surface area contributed by atoms with Crippen molar-refractivity contribution in [3.8, 4) is 0 Å². The fraction of sp³-hybridized carbons (Fsp3) is 0.214. The van der Waals surface area contributed by atoms with Crippen molar-refractivity contribution >= 4 is 75.8 Å². The minimum Gasteiger partial charge on any atom is -0.465 e. The molecule has 9 heteroatoms. The summed E-state index contributed by atoms with van der Waals surface area (Å²) >= 11 is 8.26. The molecule has 6 nitrogen and oxygen atoms in total. The first-order valence-corrected chi connectivity index (χ1v) is 13.4. The van der Waals surface area contributed by atoms with Crippen LogP contribution in [0.1, 0.15) is 30.5 Å². The molecule has 0 aromatic heterocycles. The average Bonchev–Trinajstić information content (AvgIpc) is 3.33. The van der Waals surface area contributed by atoms with Crippen molar-refractivity contribution in [2.24, 2.45) is 0 Å². The van der Waals surface area contributed by atoms with Gasteiger partial charge in [0.2, 0.25) is 0 Å². The molecule has 2 heterocycles. The molecule has 0 N–H and O–H groups in total. The Balaban J connectivity index is 1.84. The lowest BCUT2D eigenvalue weighted by Gasteiger charge is -2.45. The lowest BCUT2D eigenvalue weighted by Crippen LogP contribution is -2.55. The molecule has 0 atom stereocenters. The standard InChI is InChI=1S/C28H25NO5S3/c1-16-11-13-18-19(15-16)29(20(30)14-12-17-9-7-6-8-10-17)28(2,3)24(35)21(18)27-36-22(25(31)33-4)23(37-27)26(32)34-5/h6-15H,1-5H3/b14-12+. The molecule has 37 heavy (non-hydrogen) atoms. The fourth-order valence-corrected chi connectivity index (χ4v) is 7.16. The van der Waals surface area contributed by atoms with Crippen molar-refractivity contribution in [1.82, 2.24) is 0 Å². The number of thioether (sulfide) groups is 2. The highest BCUT2D eigenvalue weighted by Gasteiger charge is 2.45. The fourth-order valence-electron chi connectivity index (χ4n) is 4.13. The van der Waals surface area contributed by atoms with Crippen LogP contribution in [0.3, 0.4) is 0 Å². The average molecular weight is 552 g/mol. The smallest absolute Gasteiger partial charge is 0.346 e. The third-order valence-corrected chi connectivity index (χ3v) is 9.25. The minimum atomic E-state index is -0.878. The van der Waals surface area contributed by atoms with E-state index in [1.54, 1.807) is 17.1 Å². The van der Waals surface area contributed by atoms with Crippen LogP contribution < -0.4 is 4.90 Å². The third-order valence-electron chi connectivity index (χ3n) is 5.98. The van der Waals surface area contributed by atoms with Crippen molar-refractivity contribution in [2.75, 3.05) is 19.1 Å². The zero-order valence-corrected chi connectivity index (χ0v) is 23.4. The highest BCUT2D eigenvalue weighted by atomic mass is 32.2. The molecule has 190 valence electrons. The van der Waals surface area contributed by atoms with Gasteiger partial charge in [0, 0.05) is 17.2 Å². The van der Waals surface area contributed by atoms with Crippen molar-refractivity contribution < 1.29 is 23.9 Å². The number of methoxy groups -OCH3 is 2. The molecule has 0 fully saturated rings. The van der Waals surface area contributed by atoms with E-state index < -0.39 is 17.5 Å². The van der Waals surface area contributed by atoms with Crippen LogP contribution in [0.2, 0.25) is 0 Å². The van der Waals surface area contributed by atoms with Crippen LogP contribution in [0, 0.1) is 6.92 Å². The maximum Gasteiger partial charge on any atom is 0.346 e. The van der Waals surface area contributed by atoms with Crippen LogP contribution in [0.4, 0.5) is 5.69 Å². The Morgan fingerprint density at radius 2 is 1.54 bits per heavy atom. The zero-order chi connectivity index (χ0) is 26.9. The summed E-state index contributed by atoms with van der Waals surface area (Å²) in [6.07, 6.45) is 3.33. The summed E-state index contributed by atoms with van der Waals surface area (Å²) in [5, 5.41) is 0. The van der Waals surface area contributed by atoms with Crippen molar-refractivity contribution in [1.29, 1.82) is 0 Å². The van der Waals surface area contributed by atoms with E-state index in [0.717, 1.165) is 40.2 Å². The lowest BCUT2D eigenvalue weighted by atomic mass is 9.83. The van der Waals surface area contributed by atoms with Gasteiger partial charge in [-0.3, -0.25) is 9.69 Å². The lowest BCUT2D eigenvalue weighted by molar-refractivity contribution is -0.138. The van der Waals surface area contributed by atoms with Crippen LogP contribution in [0.15, 0.2) is 68.7 Å². The second kappa shape index (κ2) is 10.7. The molecular formula is C28H25NO5S3. The number of aryl methyl sites for hydroxylation is 1. The summed E-state index contributed by atoms with van der Waals surface area (Å²) in [6.45, 7) is 5.76. The highest BCUT2D eigenvalue weighted by molar-refractivity contribution is 8.29. The van der Waals surface area contributed by atoms with Gasteiger partial charge in [0.1, 0.15) is 9.81 Å². The molecule has 2 aliphatic rings. The Labute approximate surface area is 229 Å². The van der Waals surface area contributed by atoms with E-state index in [2.05, 4.69) is 0 Å². The summed E-state index contributed by atoms with van der Waals surface area (Å²) in [7, 11) is 2.53. The van der Waals surface area contributed by atoms with E-state index in [1.807, 2.05) is 69.3 Å². The number of esters is 2. The van der Waals surface area contributed by atoms with Gasteiger partial charge in [-0.05, 0) is 44.0 Å². The SMILES string of the molecule is COC(=O)C1=C(C(=O)OC)SC(=C2C(=S)C(C)(C)N(C(=O)/C=C/c3ccccc3)c3cc(C)ccc32)S1. The molecule has 4 rings (SSSR count). The maximum absolute atomic E-state index is 13.6. The van der Waals surface area contributed by atoms with Gasteiger partial charge in [0.25, 0.3) is 5.91 Å². The Morgan fingerprint density at radius 1 is 0.946 bits per heavy atom. The number of nitrogens with zero attached hydrogens (tertiary/aromatic N) is 1. The second-order valence-corrected chi connectivity index (χ2v) is 11.5. The molecule has 1 amide bonds. The molecule has 0 radical (unpaired) electrons. The van der Waals surface area contributed by atoms with E-state index in [9.17, 15) is 14.4 Å². The van der Waals surface area contributed by atoms with Gasteiger partial charge >= 0.3 is 11.9 Å². The first-order valence-electron chi connectivity index (χ1n) is 11.3. The first-order chi connectivity index (χ1) is 17.6. The number of rotatable bonds is 4. The second-order valence-electron chi connectivity index (χ2n) is 8.83. The summed E-state index contributed by atoms with van der Waals surface area (Å²) in [5.41, 5.74) is 3.18. The van der Waals surface area contributed by atoms with Crippen molar-refractivity contribution in [3.63, 3.8) is 0 Å². The van der Waals surface area contributed by atoms with Crippen molar-refractivity contribution in [2.45, 2.75) is 26.3 Å². The molecule has 0 spiro atoms. The number of amides is 1. The monoisotopic (exact) mass is 551 g/mol. The quantitative estimate of drug-likeness (QED) is 0.264. The van der Waals surface area contributed by atoms with E-state index in [0.29, 0.717) is 20.4 Å². The van der Waals surface area contributed by atoms with E-state index >= 15 is 0 Å². The molecule has 0 unspecified atom stereocenters. The normalized spacial score (nSPS) is 16.8. The molecule has 0 saturated carbocycles. The Hall–Kier alpha value is -3.14. The third kappa shape index (κ3) is 5.03. The van der Waals surface area contributed by atoms with Crippen molar-refractivity contribution in [3.05, 3.63) is 85.3 Å². The molecule has 2 aromatic carbocycles. The Bertz CT molecular complexity index is 1380. The largest absolute Gasteiger partial charge is 0.465 e. The number of fused-ring (bicyclic) bond motifs is 1. The van der Waals surface area contributed by atoms with Gasteiger partial charge in [-0.15, -0.1) is 0 Å². The number of benzene rings is 2. The molecule has 0 saturated heterocycles. The summed E-state index contributed by atoms with van der Waals surface area (Å²) in [6, 6.07) is 15.4. The van der Waals surface area contributed by atoms with Gasteiger partial charge in [-0.25, -0.2) is 9.59 Å². The van der Waals surface area contributed by atoms with E-state index in [1.165, 1.54) is 14.2 Å². The van der Waals surface area contributed by atoms with Crippen LogP contribution in [-0.2, 0) is 23.9 Å². The molecule has 0 aliphatic carbocycles. The predicted octanol–water partition coefficient (Wildman–Crippen LogP) is 5.91. The highest BCUT2D eigenvalue weighted by Crippen LogP contribution is 2.56. The Morgan fingerprint density at radius 3 is 2.11 bits per heavy atom. The number of ether oxygens (including phenoxy) is 2. The topological polar surface area (TPSA) is 72.9 Å². The molecule has 2 aliphatic heterocycles. The molecule has 0 bridgehead atoms. The number of anilines is 1.